The molecule has 1 heterocycles. The first-order valence-electron chi connectivity index (χ1n) is 3.32. The van der Waals surface area contributed by atoms with E-state index in [9.17, 15) is 4.39 Å². The summed E-state index contributed by atoms with van der Waals surface area (Å²) in [6, 6.07) is 4.60. The van der Waals surface area contributed by atoms with Crippen LogP contribution in [0, 0.1) is 5.82 Å². The number of rotatable bonds is 0. The third kappa shape index (κ3) is 0.914. The van der Waals surface area contributed by atoms with E-state index in [4.69, 9.17) is 0 Å². The van der Waals surface area contributed by atoms with Crippen molar-refractivity contribution in [3.63, 3.8) is 0 Å². The number of nitrogens with one attached hydrogen (secondary N) is 2. The van der Waals surface area contributed by atoms with Gasteiger partial charge in [-0.1, -0.05) is 0 Å². The monoisotopic (exact) mass is 153 g/mol. The topological polar surface area (TPSA) is 27.3 Å². The van der Waals surface area contributed by atoms with E-state index in [0.717, 1.165) is 11.4 Å². The first-order chi connectivity index (χ1) is 5.27. The van der Waals surface area contributed by atoms with Gasteiger partial charge in [0.2, 0.25) is 0 Å². The van der Waals surface area contributed by atoms with Gasteiger partial charge in [-0.2, -0.15) is 0 Å². The molecule has 4 heteroatoms. The molecule has 1 aliphatic heterocycles. The van der Waals surface area contributed by atoms with E-state index in [0.29, 0.717) is 0 Å². The van der Waals surface area contributed by atoms with Crippen molar-refractivity contribution in [3.8, 4) is 0 Å². The molecule has 0 aliphatic carbocycles. The van der Waals surface area contributed by atoms with Crippen LogP contribution >= 0.6 is 0 Å². The Kier molecular flexibility index (Phi) is 1.22. The van der Waals surface area contributed by atoms with Gasteiger partial charge >= 0.3 is 0 Å². The quantitative estimate of drug-likeness (QED) is 0.584. The number of hydrogen-bond donors (Lipinski definition) is 2. The predicted octanol–water partition coefficient (Wildman–Crippen LogP) is 1.11. The zero-order chi connectivity index (χ0) is 7.84. The largest absolute Gasteiger partial charge is 0.302 e. The zero-order valence-electron chi connectivity index (χ0n) is 6.06. The fraction of sp³-hybridized carbons (Fsp3) is 0.143. The maximum atomic E-state index is 12.6. The van der Waals surface area contributed by atoms with Gasteiger partial charge in [-0.15, -0.1) is 5.53 Å². The van der Waals surface area contributed by atoms with Crippen LogP contribution in [0.1, 0.15) is 0 Å². The summed E-state index contributed by atoms with van der Waals surface area (Å²) in [5.41, 5.74) is 7.38. The fourth-order valence-electron chi connectivity index (χ4n) is 1.11. The zero-order valence-corrected chi connectivity index (χ0v) is 6.06. The van der Waals surface area contributed by atoms with Crippen LogP contribution in [-0.2, 0) is 0 Å². The van der Waals surface area contributed by atoms with E-state index in [-0.39, 0.29) is 5.82 Å². The summed E-state index contributed by atoms with van der Waals surface area (Å²) >= 11 is 0. The molecule has 0 bridgehead atoms. The first kappa shape index (κ1) is 6.42. The van der Waals surface area contributed by atoms with Crippen LogP contribution < -0.4 is 16.0 Å². The summed E-state index contributed by atoms with van der Waals surface area (Å²) in [5.74, 6) is -0.228. The Hall–Kier alpha value is -1.29. The number of nitrogens with zero attached hydrogens (tertiary/aromatic N) is 1. The maximum absolute atomic E-state index is 12.6. The van der Waals surface area contributed by atoms with E-state index >= 15 is 0 Å². The number of benzene rings is 1. The van der Waals surface area contributed by atoms with Crippen molar-refractivity contribution in [1.82, 2.24) is 5.53 Å². The minimum Gasteiger partial charge on any atom is -0.302 e. The molecule has 0 radical (unpaired) electrons. The summed E-state index contributed by atoms with van der Waals surface area (Å²) in [7, 11) is 1.86. The SMILES string of the molecule is CN1NNc2cc(F)ccc21. The van der Waals surface area contributed by atoms with Gasteiger partial charge < -0.3 is 5.43 Å². The summed E-state index contributed by atoms with van der Waals surface area (Å²) in [6.07, 6.45) is 0. The van der Waals surface area contributed by atoms with Crippen LogP contribution in [0.4, 0.5) is 15.8 Å². The molecule has 1 aromatic rings. The molecule has 11 heavy (non-hydrogen) atoms. The van der Waals surface area contributed by atoms with Gasteiger partial charge in [0.1, 0.15) is 5.82 Å². The van der Waals surface area contributed by atoms with Gasteiger partial charge in [0.05, 0.1) is 11.4 Å². The number of fused-ring (bicyclic) bond motifs is 1. The summed E-state index contributed by atoms with van der Waals surface area (Å²) in [5, 5.41) is 1.79. The normalized spacial score (nSPS) is 14.5. The van der Waals surface area contributed by atoms with Gasteiger partial charge in [0.15, 0.2) is 0 Å². The molecule has 3 nitrogen and oxygen atoms in total. The highest BCUT2D eigenvalue weighted by molar-refractivity contribution is 5.72. The molecule has 0 spiro atoms. The first-order valence-corrected chi connectivity index (χ1v) is 3.32. The lowest BCUT2D eigenvalue weighted by Crippen LogP contribution is -2.31. The third-order valence-corrected chi connectivity index (χ3v) is 1.68. The lowest BCUT2D eigenvalue weighted by molar-refractivity contribution is 0.628. The molecule has 1 aliphatic rings. The minimum atomic E-state index is -0.228. The molecule has 1 aromatic carbocycles. The van der Waals surface area contributed by atoms with Crippen molar-refractivity contribution < 1.29 is 4.39 Å². The van der Waals surface area contributed by atoms with Crippen LogP contribution in [0.15, 0.2) is 18.2 Å². The smallest absolute Gasteiger partial charge is 0.125 e. The molecule has 0 fully saturated rings. The molecule has 2 rings (SSSR count). The Morgan fingerprint density at radius 3 is 3.09 bits per heavy atom. The number of halogens is 1. The molecule has 0 saturated heterocycles. The van der Waals surface area contributed by atoms with Crippen LogP contribution in [0.25, 0.3) is 0 Å². The predicted molar refractivity (Wildman–Crippen MR) is 41.6 cm³/mol. The van der Waals surface area contributed by atoms with E-state index < -0.39 is 0 Å². The van der Waals surface area contributed by atoms with Crippen molar-refractivity contribution in [3.05, 3.63) is 24.0 Å². The Morgan fingerprint density at radius 2 is 2.27 bits per heavy atom. The molecule has 0 aromatic heterocycles. The highest BCUT2D eigenvalue weighted by atomic mass is 19.1. The highest BCUT2D eigenvalue weighted by Gasteiger charge is 2.13. The molecule has 58 valence electrons. The molecule has 0 atom stereocenters. The number of hydrazine groups is 2. The van der Waals surface area contributed by atoms with E-state index in [1.54, 1.807) is 11.1 Å². The van der Waals surface area contributed by atoms with Gasteiger partial charge in [-0.3, -0.25) is 5.01 Å². The number of hydrogen-bond acceptors (Lipinski definition) is 3. The van der Waals surface area contributed by atoms with Crippen molar-refractivity contribution in [2.75, 3.05) is 17.5 Å². The summed E-state index contributed by atoms with van der Waals surface area (Å²) in [4.78, 5) is 0. The molecule has 0 unspecified atom stereocenters. The Balaban J connectivity index is 2.50. The minimum absolute atomic E-state index is 0.228. The van der Waals surface area contributed by atoms with E-state index in [2.05, 4.69) is 11.0 Å². The van der Waals surface area contributed by atoms with Crippen molar-refractivity contribution in [2.45, 2.75) is 0 Å². The molecule has 0 amide bonds. The average Bonchev–Trinajstić information content (AvgIpc) is 2.32. The second-order valence-corrected chi connectivity index (χ2v) is 2.46. The Morgan fingerprint density at radius 1 is 1.45 bits per heavy atom. The van der Waals surface area contributed by atoms with Gasteiger partial charge in [0, 0.05) is 13.1 Å². The highest BCUT2D eigenvalue weighted by Crippen LogP contribution is 2.27. The second-order valence-electron chi connectivity index (χ2n) is 2.46. The maximum Gasteiger partial charge on any atom is 0.125 e. The fourth-order valence-corrected chi connectivity index (χ4v) is 1.11. The third-order valence-electron chi connectivity index (χ3n) is 1.68. The van der Waals surface area contributed by atoms with Crippen molar-refractivity contribution in [2.24, 2.45) is 0 Å². The van der Waals surface area contributed by atoms with Crippen molar-refractivity contribution in [1.29, 1.82) is 0 Å². The molecule has 2 N–H and O–H groups in total. The van der Waals surface area contributed by atoms with E-state index in [1.165, 1.54) is 12.1 Å². The molecular weight excluding hydrogens is 145 g/mol. The van der Waals surface area contributed by atoms with Gasteiger partial charge in [-0.25, -0.2) is 4.39 Å². The van der Waals surface area contributed by atoms with E-state index in [1.807, 2.05) is 7.05 Å². The van der Waals surface area contributed by atoms with Crippen molar-refractivity contribution >= 4 is 11.4 Å². The molecular formula is C7H8FN3. The Bertz CT molecular complexity index is 287. The van der Waals surface area contributed by atoms with Crippen LogP contribution in [0.2, 0.25) is 0 Å². The molecule has 0 saturated carbocycles. The lowest BCUT2D eigenvalue weighted by atomic mass is 10.2. The van der Waals surface area contributed by atoms with Crippen LogP contribution in [0.5, 0.6) is 0 Å². The Labute approximate surface area is 63.8 Å². The standard InChI is InChI=1S/C7H8FN3/c1-11-7-3-2-5(8)4-6(7)9-10-11/h2-4,9-10H,1H3. The van der Waals surface area contributed by atoms with Gasteiger partial charge in [0.25, 0.3) is 0 Å². The second kappa shape index (κ2) is 2.10. The lowest BCUT2D eigenvalue weighted by Gasteiger charge is -2.08. The summed E-state index contributed by atoms with van der Waals surface area (Å²) < 4.78 is 12.6. The average molecular weight is 153 g/mol. The van der Waals surface area contributed by atoms with Crippen LogP contribution in [0.3, 0.4) is 0 Å². The number of anilines is 2. The summed E-state index contributed by atoms with van der Waals surface area (Å²) in [6.45, 7) is 0. The van der Waals surface area contributed by atoms with Crippen LogP contribution in [-0.4, -0.2) is 7.05 Å². The van der Waals surface area contributed by atoms with Gasteiger partial charge in [-0.05, 0) is 12.1 Å².